The summed E-state index contributed by atoms with van der Waals surface area (Å²) in [5.41, 5.74) is 44.3. The molecule has 2 aliphatic rings. The van der Waals surface area contributed by atoms with Gasteiger partial charge in [-0.15, -0.1) is 0 Å². The van der Waals surface area contributed by atoms with Crippen LogP contribution >= 0.6 is 0 Å². The molecule has 0 N–H and O–H groups in total. The fourth-order valence-electron chi connectivity index (χ4n) is 25.2. The van der Waals surface area contributed by atoms with E-state index in [0.29, 0.717) is 0 Å². The molecule has 148 heavy (non-hydrogen) atoms. The van der Waals surface area contributed by atoms with Crippen LogP contribution < -0.4 is 0 Å². The molecule has 2 aliphatic carbocycles. The second-order valence-corrected chi connectivity index (χ2v) is 40.1. The zero-order valence-electron chi connectivity index (χ0n) is 81.6. The van der Waals surface area contributed by atoms with Crippen molar-refractivity contribution >= 4 is 131 Å². The summed E-state index contributed by atoms with van der Waals surface area (Å²) in [5, 5.41) is 15.2. The predicted molar refractivity (Wildman–Crippen MR) is 622 cm³/mol. The van der Waals surface area contributed by atoms with Crippen LogP contribution in [0.4, 0.5) is 0 Å². The van der Waals surface area contributed by atoms with Gasteiger partial charge in [0.2, 0.25) is 0 Å². The summed E-state index contributed by atoms with van der Waals surface area (Å²) in [5.74, 6) is 0. The van der Waals surface area contributed by atoms with Crippen molar-refractivity contribution in [2.75, 3.05) is 0 Å². The molecule has 6 heterocycles. The molecule has 694 valence electrons. The summed E-state index contributed by atoms with van der Waals surface area (Å²) in [6, 6.07) is 200. The highest BCUT2D eigenvalue weighted by molar-refractivity contribution is 6.17. The fraction of sp³-hybridized carbons (Fsp3) is 0.0282. The molecule has 23 aromatic carbocycles. The molecule has 29 aromatic rings. The lowest BCUT2D eigenvalue weighted by Gasteiger charge is -2.33. The molecule has 6 heteroatoms. The van der Waals surface area contributed by atoms with Gasteiger partial charge in [-0.05, 0) is 282 Å². The van der Waals surface area contributed by atoms with E-state index in [2.05, 4.69) is 587 Å². The van der Waals surface area contributed by atoms with Crippen molar-refractivity contribution in [3.05, 3.63) is 579 Å². The first-order valence-corrected chi connectivity index (χ1v) is 51.3. The lowest BCUT2D eigenvalue weighted by molar-refractivity contribution is 0.660. The first-order chi connectivity index (χ1) is 73.2. The zero-order chi connectivity index (χ0) is 97.8. The molecule has 6 nitrogen and oxygen atoms in total. The van der Waals surface area contributed by atoms with Gasteiger partial charge in [0.25, 0.3) is 0 Å². The summed E-state index contributed by atoms with van der Waals surface area (Å²) in [4.78, 5) is 0. The summed E-state index contributed by atoms with van der Waals surface area (Å²) in [6.45, 7) is 4.69. The van der Waals surface area contributed by atoms with Crippen LogP contribution in [0.25, 0.3) is 232 Å². The van der Waals surface area contributed by atoms with Crippen LogP contribution in [0.1, 0.15) is 47.2 Å². The number of benzene rings is 23. The van der Waals surface area contributed by atoms with Crippen LogP contribution in [0, 0.1) is 0 Å². The van der Waals surface area contributed by atoms with Crippen molar-refractivity contribution in [1.82, 2.24) is 27.4 Å². The molecule has 6 aromatic heterocycles. The molecule has 0 fully saturated rings. The van der Waals surface area contributed by atoms with Gasteiger partial charge in [0.05, 0.1) is 71.6 Å². The monoisotopic (exact) mass is 1880 g/mol. The molecule has 0 unspecified atom stereocenters. The highest BCUT2D eigenvalue weighted by Crippen LogP contribution is 2.58. The Morgan fingerprint density at radius 2 is 0.324 bits per heavy atom. The molecular formula is C142H96N6. The summed E-state index contributed by atoms with van der Waals surface area (Å²) in [7, 11) is 0. The van der Waals surface area contributed by atoms with Gasteiger partial charge in [-0.25, -0.2) is 0 Å². The second kappa shape index (κ2) is 34.3. The van der Waals surface area contributed by atoms with Gasteiger partial charge in [0.1, 0.15) is 0 Å². The Balaban J connectivity index is 0.000000106. The van der Waals surface area contributed by atoms with Crippen LogP contribution in [0.3, 0.4) is 0 Å². The smallest absolute Gasteiger partial charge is 0.0713 e. The highest BCUT2D eigenvalue weighted by atomic mass is 15.0. The maximum atomic E-state index is 2.46. The van der Waals surface area contributed by atoms with Gasteiger partial charge in [-0.2, -0.15) is 0 Å². The molecule has 0 radical (unpaired) electrons. The van der Waals surface area contributed by atoms with E-state index >= 15 is 0 Å². The van der Waals surface area contributed by atoms with Crippen LogP contribution in [-0.4, -0.2) is 27.4 Å². The minimum Gasteiger partial charge on any atom is -0.309 e. The van der Waals surface area contributed by atoms with E-state index in [1.165, 1.54) is 259 Å². The third-order valence-electron chi connectivity index (χ3n) is 31.8. The van der Waals surface area contributed by atoms with Gasteiger partial charge in [0.15, 0.2) is 0 Å². The Morgan fingerprint density at radius 3 is 0.622 bits per heavy atom. The largest absolute Gasteiger partial charge is 0.309 e. The molecule has 0 amide bonds. The Morgan fingerprint density at radius 1 is 0.128 bits per heavy atom. The average Bonchev–Trinajstić information content (AvgIpc) is 1.53. The highest BCUT2D eigenvalue weighted by Gasteiger charge is 2.46. The average molecular weight is 1890 g/mol. The maximum Gasteiger partial charge on any atom is 0.0713 e. The Kier molecular flexibility index (Phi) is 19.9. The van der Waals surface area contributed by atoms with Gasteiger partial charge >= 0.3 is 0 Å². The second-order valence-electron chi connectivity index (χ2n) is 40.1. The van der Waals surface area contributed by atoms with E-state index in [4.69, 9.17) is 0 Å². The van der Waals surface area contributed by atoms with Gasteiger partial charge in [-0.1, -0.05) is 378 Å². The van der Waals surface area contributed by atoms with Crippen LogP contribution in [-0.2, 0) is 10.8 Å². The first kappa shape index (κ1) is 85.6. The van der Waals surface area contributed by atoms with Crippen molar-refractivity contribution in [2.45, 2.75) is 24.7 Å². The van der Waals surface area contributed by atoms with Crippen molar-refractivity contribution < 1.29 is 0 Å². The zero-order valence-corrected chi connectivity index (χ0v) is 81.6. The lowest BCUT2D eigenvalue weighted by Crippen LogP contribution is -2.28. The first-order valence-electron chi connectivity index (χ1n) is 51.3. The van der Waals surface area contributed by atoms with Crippen LogP contribution in [0.5, 0.6) is 0 Å². The number of para-hydroxylation sites is 10. The number of hydrogen-bond acceptors (Lipinski definition) is 0. The quantitative estimate of drug-likeness (QED) is 0.117. The van der Waals surface area contributed by atoms with Crippen molar-refractivity contribution in [3.8, 4) is 101 Å². The molecule has 0 aliphatic heterocycles. The van der Waals surface area contributed by atoms with E-state index < -0.39 is 5.41 Å². The van der Waals surface area contributed by atoms with Crippen molar-refractivity contribution in [1.29, 1.82) is 0 Å². The van der Waals surface area contributed by atoms with Crippen molar-refractivity contribution in [2.24, 2.45) is 0 Å². The van der Waals surface area contributed by atoms with E-state index in [1.54, 1.807) is 0 Å². The SMILES string of the molecule is CC1(C)c2ccccc2-c2cc(-n3c4ccccc4c4cc(-c5ccc6c(c5)c5ccccc5n6-c5ccccc5)ccc43)ccc21.c1ccc(-n2c3ccccc3c3cc(-c4ccc(-c5ccc6c(c5)c5ccccc5n6-c5ccccc5)cc4)ccc32)cc1.c1ccc(-n2c3ccccc3c3cc(-c4ccc5c(c4)c4ccccc4n5-c4ccc5c(c4)-c4ccccc4C5(c4ccccc4)c4ccccc4)ccc32)cc1. The number of nitrogens with zero attached hydrogens (tertiary/aromatic N) is 6. The fourth-order valence-corrected chi connectivity index (χ4v) is 25.2. The van der Waals surface area contributed by atoms with Crippen molar-refractivity contribution in [3.63, 3.8) is 0 Å². The molecule has 0 spiro atoms. The molecule has 31 rings (SSSR count). The van der Waals surface area contributed by atoms with Crippen LogP contribution in [0.15, 0.2) is 546 Å². The number of fused-ring (bicyclic) bond motifs is 24. The number of hydrogen-bond donors (Lipinski definition) is 0. The summed E-state index contributed by atoms with van der Waals surface area (Å²) in [6.07, 6.45) is 0. The summed E-state index contributed by atoms with van der Waals surface area (Å²) >= 11 is 0. The molecule has 0 saturated carbocycles. The third kappa shape index (κ3) is 13.4. The summed E-state index contributed by atoms with van der Waals surface area (Å²) < 4.78 is 14.4. The number of rotatable bonds is 12. The molecular weight excluding hydrogens is 1790 g/mol. The molecule has 0 saturated heterocycles. The normalized spacial score (nSPS) is 12.8. The van der Waals surface area contributed by atoms with E-state index in [-0.39, 0.29) is 5.41 Å². The molecule has 0 bridgehead atoms. The maximum absolute atomic E-state index is 2.46. The van der Waals surface area contributed by atoms with Gasteiger partial charge in [0, 0.05) is 104 Å². The van der Waals surface area contributed by atoms with Gasteiger partial charge in [-0.3, -0.25) is 0 Å². The minimum atomic E-state index is -0.419. The standard InChI is InChI=1S/C55H36N2.C45H32N2.C42H28N2/c1-4-16-39(17-5-1)55(40-18-6-2-7-19-40)49-25-13-10-22-43(49)46-36-42(30-31-50(46)55)57-52-27-15-12-24-45(52)48-35-38(29-33-54(48)57)37-28-32-53-47(34-37)44-23-11-14-26-51(44)56(53)41-20-8-3-9-21-41;1-45(2)39-17-9-6-14-33(39)36-28-32(22-23-40(36)45)47-42-19-11-8-16-35(42)38-27-30(21-25-44(38)47)29-20-24-43-37(26-29)34-15-7-10-18-41(34)46(43)31-12-4-3-5-13-31;1-3-11-33(12-4-1)43-39-17-9-7-15-35(39)37-27-31(23-25-41(37)43)29-19-21-30(22-20-29)32-24-26-42-38(28-32)36-16-8-10-18-40(36)44(42)34-13-5-2-6-14-34/h1-36H;3-28H,1-2H3;1-28H. The lowest BCUT2D eigenvalue weighted by atomic mass is 9.68. The Hall–Kier alpha value is -19.1. The van der Waals surface area contributed by atoms with Gasteiger partial charge < -0.3 is 27.4 Å². The number of aromatic nitrogens is 6. The van der Waals surface area contributed by atoms with E-state index in [0.717, 1.165) is 5.69 Å². The van der Waals surface area contributed by atoms with Crippen LogP contribution in [0.2, 0.25) is 0 Å². The minimum absolute atomic E-state index is 0.00527. The molecule has 0 atom stereocenters. The third-order valence-corrected chi connectivity index (χ3v) is 31.8. The predicted octanol–water partition coefficient (Wildman–Crippen LogP) is 37.0. The Bertz CT molecular complexity index is 10200. The van der Waals surface area contributed by atoms with E-state index in [1.807, 2.05) is 0 Å². The van der Waals surface area contributed by atoms with E-state index in [9.17, 15) is 0 Å². The Labute approximate surface area is 856 Å². The topological polar surface area (TPSA) is 29.6 Å².